The van der Waals surface area contributed by atoms with E-state index in [1.54, 1.807) is 0 Å². The number of likely N-dealkylation sites (N-methyl/N-ethyl adjacent to an activating group) is 1. The molecule has 0 saturated heterocycles. The van der Waals surface area contributed by atoms with Gasteiger partial charge in [0.2, 0.25) is 0 Å². The van der Waals surface area contributed by atoms with E-state index in [0.717, 1.165) is 17.3 Å². The van der Waals surface area contributed by atoms with Gasteiger partial charge >= 0.3 is 0 Å². The normalized spacial score (nSPS) is 15.7. The summed E-state index contributed by atoms with van der Waals surface area (Å²) in [6, 6.07) is 7.91. The Morgan fingerprint density at radius 3 is 2.41 bits per heavy atom. The fraction of sp³-hybridized carbons (Fsp3) is 0.200. The van der Waals surface area contributed by atoms with E-state index >= 15 is 0 Å². The zero-order valence-electron chi connectivity index (χ0n) is 10.2. The van der Waals surface area contributed by atoms with Gasteiger partial charge in [0.05, 0.1) is 0 Å². The van der Waals surface area contributed by atoms with Gasteiger partial charge in [-0.1, -0.05) is 36.4 Å². The number of rotatable bonds is 2. The number of hydrogen-bond donors (Lipinski definition) is 0. The molecule has 0 N–H and O–H groups in total. The van der Waals surface area contributed by atoms with E-state index in [4.69, 9.17) is 11.6 Å². The van der Waals surface area contributed by atoms with Crippen LogP contribution in [0.2, 0.25) is 5.02 Å². The Kier molecular flexibility index (Phi) is 3.39. The van der Waals surface area contributed by atoms with Crippen LogP contribution in [0.25, 0.3) is 5.70 Å². The Hall–Kier alpha value is -1.47. The van der Waals surface area contributed by atoms with Crippen molar-refractivity contribution in [2.45, 2.75) is 13.8 Å². The van der Waals surface area contributed by atoms with Crippen molar-refractivity contribution in [1.82, 2.24) is 4.90 Å². The van der Waals surface area contributed by atoms with Crippen LogP contribution in [0, 0.1) is 0 Å². The maximum atomic E-state index is 5.91. The summed E-state index contributed by atoms with van der Waals surface area (Å²) in [4.78, 5) is 2.22. The minimum absolute atomic E-state index is 0.763. The fourth-order valence-electron chi connectivity index (χ4n) is 1.98. The van der Waals surface area contributed by atoms with Crippen LogP contribution >= 0.6 is 11.6 Å². The van der Waals surface area contributed by atoms with E-state index in [9.17, 15) is 0 Å². The predicted molar refractivity (Wildman–Crippen MR) is 74.7 cm³/mol. The van der Waals surface area contributed by atoms with Crippen molar-refractivity contribution in [1.29, 1.82) is 0 Å². The zero-order chi connectivity index (χ0) is 12.4. The molecule has 0 bridgehead atoms. The second kappa shape index (κ2) is 4.80. The molecular weight excluding hydrogens is 230 g/mol. The molecule has 1 nitrogen and oxygen atoms in total. The molecule has 1 aromatic carbocycles. The van der Waals surface area contributed by atoms with Gasteiger partial charge in [0, 0.05) is 23.0 Å². The lowest BCUT2D eigenvalue weighted by atomic mass is 10.0. The molecular formula is C15H16ClN. The minimum Gasteiger partial charge on any atom is -0.342 e. The van der Waals surface area contributed by atoms with Crippen molar-refractivity contribution in [3.8, 4) is 0 Å². The van der Waals surface area contributed by atoms with Crippen LogP contribution in [-0.2, 0) is 0 Å². The van der Waals surface area contributed by atoms with Crippen molar-refractivity contribution >= 4 is 17.3 Å². The van der Waals surface area contributed by atoms with E-state index in [-0.39, 0.29) is 0 Å². The molecule has 0 atom stereocenters. The summed E-state index contributed by atoms with van der Waals surface area (Å²) in [5, 5.41) is 0.763. The molecule has 1 aromatic rings. The maximum Gasteiger partial charge on any atom is 0.0484 e. The summed E-state index contributed by atoms with van der Waals surface area (Å²) < 4.78 is 0. The van der Waals surface area contributed by atoms with Crippen LogP contribution in [-0.4, -0.2) is 11.4 Å². The first kappa shape index (κ1) is 12.0. The molecule has 0 amide bonds. The quantitative estimate of drug-likeness (QED) is 0.743. The number of halogens is 1. The topological polar surface area (TPSA) is 3.24 Å². The van der Waals surface area contributed by atoms with Crippen LogP contribution in [0.15, 0.2) is 54.3 Å². The second-order valence-corrected chi connectivity index (χ2v) is 4.54. The largest absolute Gasteiger partial charge is 0.342 e. The molecule has 17 heavy (non-hydrogen) atoms. The summed E-state index contributed by atoms with van der Waals surface area (Å²) in [7, 11) is 0. The molecule has 0 radical (unpaired) electrons. The summed E-state index contributed by atoms with van der Waals surface area (Å²) in [6.07, 6.45) is 4.25. The monoisotopic (exact) mass is 245 g/mol. The molecule has 0 spiro atoms. The minimum atomic E-state index is 0.763. The van der Waals surface area contributed by atoms with Gasteiger partial charge in [-0.2, -0.15) is 0 Å². The summed E-state index contributed by atoms with van der Waals surface area (Å²) in [5.41, 5.74) is 4.63. The van der Waals surface area contributed by atoms with Crippen molar-refractivity contribution in [2.24, 2.45) is 0 Å². The first-order valence-corrected chi connectivity index (χ1v) is 6.12. The van der Waals surface area contributed by atoms with Crippen LogP contribution in [0.1, 0.15) is 19.4 Å². The number of benzene rings is 1. The number of nitrogens with zero attached hydrogens (tertiary/aromatic N) is 1. The van der Waals surface area contributed by atoms with Crippen LogP contribution in [0.4, 0.5) is 0 Å². The maximum absolute atomic E-state index is 5.91. The molecule has 88 valence electrons. The number of hydrogen-bond acceptors (Lipinski definition) is 1. The molecule has 0 aromatic heterocycles. The fourth-order valence-corrected chi connectivity index (χ4v) is 2.11. The summed E-state index contributed by atoms with van der Waals surface area (Å²) in [6.45, 7) is 9.26. The van der Waals surface area contributed by atoms with E-state index < -0.39 is 0 Å². The third kappa shape index (κ3) is 2.29. The van der Waals surface area contributed by atoms with Gasteiger partial charge in [0.25, 0.3) is 0 Å². The molecule has 1 aliphatic heterocycles. The van der Waals surface area contributed by atoms with Gasteiger partial charge in [0.15, 0.2) is 0 Å². The van der Waals surface area contributed by atoms with Crippen LogP contribution in [0.5, 0.6) is 0 Å². The highest BCUT2D eigenvalue weighted by atomic mass is 35.5. The van der Waals surface area contributed by atoms with Crippen LogP contribution in [0.3, 0.4) is 0 Å². The Morgan fingerprint density at radius 2 is 1.82 bits per heavy atom. The molecule has 2 rings (SSSR count). The molecule has 2 heteroatoms. The first-order valence-electron chi connectivity index (χ1n) is 5.75. The van der Waals surface area contributed by atoms with Gasteiger partial charge < -0.3 is 4.90 Å². The average Bonchev–Trinajstić information content (AvgIpc) is 2.34. The third-order valence-electron chi connectivity index (χ3n) is 3.02. The highest BCUT2D eigenvalue weighted by Crippen LogP contribution is 2.30. The van der Waals surface area contributed by atoms with Gasteiger partial charge in [-0.25, -0.2) is 0 Å². The van der Waals surface area contributed by atoms with Crippen molar-refractivity contribution in [2.75, 3.05) is 6.54 Å². The summed E-state index contributed by atoms with van der Waals surface area (Å²) in [5.74, 6) is 0. The Balaban J connectivity index is 2.43. The van der Waals surface area contributed by atoms with Crippen LogP contribution < -0.4 is 0 Å². The molecule has 0 fully saturated rings. The molecule has 0 unspecified atom stereocenters. The van der Waals surface area contributed by atoms with Gasteiger partial charge in [-0.05, 0) is 43.2 Å². The van der Waals surface area contributed by atoms with E-state index in [0.29, 0.717) is 0 Å². The van der Waals surface area contributed by atoms with Gasteiger partial charge in [-0.3, -0.25) is 0 Å². The number of allylic oxidation sites excluding steroid dienone is 3. The van der Waals surface area contributed by atoms with Crippen molar-refractivity contribution in [3.63, 3.8) is 0 Å². The second-order valence-electron chi connectivity index (χ2n) is 4.10. The average molecular weight is 246 g/mol. The highest BCUT2D eigenvalue weighted by Gasteiger charge is 2.16. The standard InChI is InChI=1S/C15H16ClN/c1-4-17-12(3)11(2)5-10-15(17)13-6-8-14(16)9-7-13/h5-10H,3-4H2,1-2H3. The molecule has 0 aliphatic carbocycles. The van der Waals surface area contributed by atoms with Gasteiger partial charge in [0.1, 0.15) is 0 Å². The van der Waals surface area contributed by atoms with Gasteiger partial charge in [-0.15, -0.1) is 0 Å². The SMILES string of the molecule is C=C1C(C)=CC=C(c2ccc(Cl)cc2)N1CC. The molecule has 1 aliphatic rings. The Bertz CT molecular complexity index is 494. The highest BCUT2D eigenvalue weighted by molar-refractivity contribution is 6.30. The lowest BCUT2D eigenvalue weighted by Gasteiger charge is -2.31. The lowest BCUT2D eigenvalue weighted by Crippen LogP contribution is -2.23. The third-order valence-corrected chi connectivity index (χ3v) is 3.27. The summed E-state index contributed by atoms with van der Waals surface area (Å²) >= 11 is 5.91. The Morgan fingerprint density at radius 1 is 1.18 bits per heavy atom. The molecule has 0 saturated carbocycles. The van der Waals surface area contributed by atoms with E-state index in [2.05, 4.69) is 37.5 Å². The predicted octanol–water partition coefficient (Wildman–Crippen LogP) is 4.48. The molecule has 1 heterocycles. The lowest BCUT2D eigenvalue weighted by molar-refractivity contribution is 0.522. The van der Waals surface area contributed by atoms with Crippen molar-refractivity contribution in [3.05, 3.63) is 64.9 Å². The first-order chi connectivity index (χ1) is 8.13. The smallest absolute Gasteiger partial charge is 0.0484 e. The Labute approximate surface area is 108 Å². The van der Waals surface area contributed by atoms with E-state index in [1.807, 2.05) is 24.3 Å². The zero-order valence-corrected chi connectivity index (χ0v) is 11.0. The van der Waals surface area contributed by atoms with E-state index in [1.165, 1.54) is 16.8 Å². The van der Waals surface area contributed by atoms with Crippen molar-refractivity contribution < 1.29 is 0 Å².